The average Bonchev–Trinajstić information content (AvgIpc) is 2.72. The number of nitrogens with one attached hydrogen (secondary N) is 1. The van der Waals surface area contributed by atoms with Gasteiger partial charge in [-0.3, -0.25) is 4.79 Å². The first-order valence-electron chi connectivity index (χ1n) is 9.63. The van der Waals surface area contributed by atoms with Gasteiger partial charge in [0.1, 0.15) is 17.6 Å². The predicted molar refractivity (Wildman–Crippen MR) is 114 cm³/mol. The van der Waals surface area contributed by atoms with Crippen LogP contribution in [0.2, 0.25) is 0 Å². The number of rotatable bonds is 12. The molecule has 2 aromatic rings. The van der Waals surface area contributed by atoms with Gasteiger partial charge in [-0.25, -0.2) is 0 Å². The molecule has 0 aliphatic carbocycles. The van der Waals surface area contributed by atoms with Crippen molar-refractivity contribution in [2.45, 2.75) is 32.6 Å². The quantitative estimate of drug-likeness (QED) is 0.498. The van der Waals surface area contributed by atoms with Gasteiger partial charge in [-0.05, 0) is 49.4 Å². The third-order valence-corrected chi connectivity index (χ3v) is 4.43. The summed E-state index contributed by atoms with van der Waals surface area (Å²) < 4.78 is 9.92. The molecule has 0 aliphatic heterocycles. The van der Waals surface area contributed by atoms with Gasteiger partial charge in [0, 0.05) is 13.1 Å². The minimum absolute atomic E-state index is 0.258. The standard InChI is InChI=1S/C23H28ClNO3/c1-19(18-25-15-14-23(26)28-24)17-21-10-12-22(13-11-21)27-16-6-5-9-20-7-3-2-4-8-20/h2-4,7-8,10-13,17,25H,5-6,9,14-16,18H2,1H3/b19-17+. The molecule has 0 radical (unpaired) electrons. The molecular weight excluding hydrogens is 374 g/mol. The molecule has 0 bridgehead atoms. The Labute approximate surface area is 172 Å². The number of halogens is 1. The van der Waals surface area contributed by atoms with Gasteiger partial charge in [0.25, 0.3) is 0 Å². The zero-order valence-electron chi connectivity index (χ0n) is 16.3. The van der Waals surface area contributed by atoms with Crippen molar-refractivity contribution in [2.24, 2.45) is 0 Å². The molecule has 4 nitrogen and oxygen atoms in total. The Morgan fingerprint density at radius 2 is 1.82 bits per heavy atom. The van der Waals surface area contributed by atoms with Crippen molar-refractivity contribution < 1.29 is 13.8 Å². The molecule has 0 unspecified atom stereocenters. The Morgan fingerprint density at radius 1 is 1.07 bits per heavy atom. The monoisotopic (exact) mass is 401 g/mol. The first kappa shape index (κ1) is 22.0. The number of unbranched alkanes of at least 4 members (excludes halogenated alkanes) is 1. The molecule has 0 atom stereocenters. The molecule has 1 N–H and O–H groups in total. The van der Waals surface area contributed by atoms with Crippen molar-refractivity contribution in [2.75, 3.05) is 19.7 Å². The topological polar surface area (TPSA) is 47.6 Å². The summed E-state index contributed by atoms with van der Waals surface area (Å²) in [5, 5.41) is 3.18. The lowest BCUT2D eigenvalue weighted by Gasteiger charge is -2.07. The average molecular weight is 402 g/mol. The minimum atomic E-state index is -0.425. The molecule has 5 heteroatoms. The van der Waals surface area contributed by atoms with Gasteiger partial charge >= 0.3 is 5.97 Å². The van der Waals surface area contributed by atoms with Gasteiger partial charge in [0.2, 0.25) is 0 Å². The van der Waals surface area contributed by atoms with Crippen LogP contribution >= 0.6 is 11.9 Å². The number of hydrogen-bond acceptors (Lipinski definition) is 4. The van der Waals surface area contributed by atoms with Crippen molar-refractivity contribution >= 4 is 23.9 Å². The van der Waals surface area contributed by atoms with Crippen LogP contribution in [0.1, 0.15) is 37.3 Å². The van der Waals surface area contributed by atoms with Crippen LogP contribution in [0.3, 0.4) is 0 Å². The molecule has 0 fully saturated rings. The predicted octanol–water partition coefficient (Wildman–Crippen LogP) is 5.17. The van der Waals surface area contributed by atoms with E-state index < -0.39 is 5.97 Å². The van der Waals surface area contributed by atoms with Crippen molar-refractivity contribution in [3.05, 3.63) is 71.3 Å². The zero-order chi connectivity index (χ0) is 20.0. The van der Waals surface area contributed by atoms with E-state index in [1.54, 1.807) is 0 Å². The zero-order valence-corrected chi connectivity index (χ0v) is 17.1. The molecule has 2 rings (SSSR count). The van der Waals surface area contributed by atoms with Crippen LogP contribution in [0.25, 0.3) is 6.08 Å². The van der Waals surface area contributed by atoms with E-state index in [1.807, 2.05) is 37.3 Å². The summed E-state index contributed by atoms with van der Waals surface area (Å²) in [4.78, 5) is 10.9. The highest BCUT2D eigenvalue weighted by Crippen LogP contribution is 2.15. The number of aryl methyl sites for hydroxylation is 1. The van der Waals surface area contributed by atoms with Crippen LogP contribution < -0.4 is 10.1 Å². The van der Waals surface area contributed by atoms with Crippen LogP contribution in [0.5, 0.6) is 5.75 Å². The van der Waals surface area contributed by atoms with Crippen molar-refractivity contribution in [1.29, 1.82) is 0 Å². The number of ether oxygens (including phenoxy) is 1. The third-order valence-electron chi connectivity index (χ3n) is 4.26. The second-order valence-corrected chi connectivity index (χ2v) is 6.88. The van der Waals surface area contributed by atoms with Crippen molar-refractivity contribution in [3.8, 4) is 5.75 Å². The van der Waals surface area contributed by atoms with E-state index in [2.05, 4.69) is 39.9 Å². The Balaban J connectivity index is 1.64. The summed E-state index contributed by atoms with van der Waals surface area (Å²) in [6.07, 6.45) is 5.62. The van der Waals surface area contributed by atoms with Crippen LogP contribution in [-0.4, -0.2) is 25.7 Å². The lowest BCUT2D eigenvalue weighted by atomic mass is 10.1. The van der Waals surface area contributed by atoms with E-state index in [9.17, 15) is 4.79 Å². The van der Waals surface area contributed by atoms with Crippen molar-refractivity contribution in [3.63, 3.8) is 0 Å². The van der Waals surface area contributed by atoms with Gasteiger partial charge in [0.05, 0.1) is 13.0 Å². The normalized spacial score (nSPS) is 11.3. The van der Waals surface area contributed by atoms with E-state index in [1.165, 1.54) is 11.1 Å². The molecule has 0 aromatic heterocycles. The fourth-order valence-electron chi connectivity index (χ4n) is 2.78. The minimum Gasteiger partial charge on any atom is -0.494 e. The fraction of sp³-hybridized carbons (Fsp3) is 0.348. The van der Waals surface area contributed by atoms with Gasteiger partial charge in [-0.1, -0.05) is 54.1 Å². The largest absolute Gasteiger partial charge is 0.494 e. The SMILES string of the molecule is C/C(=C\c1ccc(OCCCCc2ccccc2)cc1)CNCCC(=O)OCl. The summed E-state index contributed by atoms with van der Waals surface area (Å²) in [6.45, 7) is 4.02. The van der Waals surface area contributed by atoms with Crippen LogP contribution in [0, 0.1) is 0 Å². The summed E-state index contributed by atoms with van der Waals surface area (Å²) in [5.41, 5.74) is 3.67. The first-order valence-corrected chi connectivity index (χ1v) is 9.94. The Morgan fingerprint density at radius 3 is 2.54 bits per heavy atom. The lowest BCUT2D eigenvalue weighted by molar-refractivity contribution is -0.133. The molecule has 2 aromatic carbocycles. The summed E-state index contributed by atoms with van der Waals surface area (Å²) in [7, 11) is 0. The molecule has 0 saturated heterocycles. The Bertz CT molecular complexity index is 729. The molecule has 0 spiro atoms. The van der Waals surface area contributed by atoms with Gasteiger partial charge in [-0.15, -0.1) is 0 Å². The second-order valence-electron chi connectivity index (χ2n) is 6.73. The van der Waals surface area contributed by atoms with Gasteiger partial charge in [0.15, 0.2) is 0 Å². The van der Waals surface area contributed by atoms with Crippen LogP contribution in [0.4, 0.5) is 0 Å². The maximum atomic E-state index is 10.9. The second kappa shape index (κ2) is 13.0. The highest BCUT2D eigenvalue weighted by molar-refractivity contribution is 6.13. The third kappa shape index (κ3) is 9.07. The van der Waals surface area contributed by atoms with E-state index in [0.29, 0.717) is 13.1 Å². The van der Waals surface area contributed by atoms with E-state index >= 15 is 0 Å². The Kier molecular flexibility index (Phi) is 10.2. The highest BCUT2D eigenvalue weighted by atomic mass is 35.5. The number of benzene rings is 2. The van der Waals surface area contributed by atoms with Crippen LogP contribution in [0.15, 0.2) is 60.2 Å². The van der Waals surface area contributed by atoms with E-state index in [0.717, 1.165) is 37.2 Å². The smallest absolute Gasteiger partial charge is 0.326 e. The number of carbonyl (C=O) groups is 1. The maximum Gasteiger partial charge on any atom is 0.326 e. The number of hydrogen-bond donors (Lipinski definition) is 1. The maximum absolute atomic E-state index is 10.9. The van der Waals surface area contributed by atoms with Crippen molar-refractivity contribution in [1.82, 2.24) is 5.32 Å². The van der Waals surface area contributed by atoms with Gasteiger partial charge < -0.3 is 14.3 Å². The summed E-state index contributed by atoms with van der Waals surface area (Å²) >= 11 is 4.99. The number of carbonyl (C=O) groups excluding carboxylic acids is 1. The van der Waals surface area contributed by atoms with Crippen LogP contribution in [-0.2, 0) is 15.5 Å². The lowest BCUT2D eigenvalue weighted by Crippen LogP contribution is -2.20. The molecule has 28 heavy (non-hydrogen) atoms. The molecule has 0 amide bonds. The van der Waals surface area contributed by atoms with E-state index in [-0.39, 0.29) is 6.42 Å². The molecule has 150 valence electrons. The summed E-state index contributed by atoms with van der Waals surface area (Å²) in [6, 6.07) is 18.6. The summed E-state index contributed by atoms with van der Waals surface area (Å²) in [5.74, 6) is 0.471. The van der Waals surface area contributed by atoms with E-state index in [4.69, 9.17) is 16.6 Å². The molecule has 0 heterocycles. The highest BCUT2D eigenvalue weighted by Gasteiger charge is 2.01. The molecule has 0 aliphatic rings. The first-order chi connectivity index (χ1) is 13.7. The Hall–Kier alpha value is -2.30. The molecular formula is C23H28ClNO3. The fourth-order valence-corrected chi connectivity index (χ4v) is 2.85. The van der Waals surface area contributed by atoms with Gasteiger partial charge in [-0.2, -0.15) is 0 Å². The molecule has 0 saturated carbocycles.